The highest BCUT2D eigenvalue weighted by atomic mass is 19.1. The third-order valence-corrected chi connectivity index (χ3v) is 2.86. The molecule has 1 aromatic rings. The first kappa shape index (κ1) is 15.1. The van der Waals surface area contributed by atoms with E-state index in [1.807, 2.05) is 20.0 Å². The number of hydrogen-bond acceptors (Lipinski definition) is 3. The molecular weight excluding hydrogens is 231 g/mol. The number of aryl methyl sites for hydroxylation is 1. The van der Waals surface area contributed by atoms with Crippen molar-refractivity contribution in [3.8, 4) is 0 Å². The van der Waals surface area contributed by atoms with Gasteiger partial charge in [0.1, 0.15) is 5.82 Å². The topological polar surface area (TPSA) is 24.5 Å². The van der Waals surface area contributed by atoms with Gasteiger partial charge in [0.25, 0.3) is 0 Å². The highest BCUT2D eigenvalue weighted by Crippen LogP contribution is 2.09. The zero-order chi connectivity index (χ0) is 13.4. The van der Waals surface area contributed by atoms with Crippen molar-refractivity contribution < 1.29 is 9.13 Å². The van der Waals surface area contributed by atoms with Crippen LogP contribution in [0.4, 0.5) is 4.39 Å². The third-order valence-electron chi connectivity index (χ3n) is 2.86. The van der Waals surface area contributed by atoms with E-state index in [2.05, 4.69) is 10.2 Å². The van der Waals surface area contributed by atoms with E-state index in [0.717, 1.165) is 37.4 Å². The first-order valence-electron chi connectivity index (χ1n) is 6.26. The minimum absolute atomic E-state index is 0.138. The van der Waals surface area contributed by atoms with Gasteiger partial charge in [0.2, 0.25) is 0 Å². The van der Waals surface area contributed by atoms with Crippen LogP contribution in [0.3, 0.4) is 0 Å². The van der Waals surface area contributed by atoms with Gasteiger partial charge in [-0.3, -0.25) is 0 Å². The lowest BCUT2D eigenvalue weighted by atomic mass is 10.1. The monoisotopic (exact) mass is 254 g/mol. The second-order valence-corrected chi connectivity index (χ2v) is 4.57. The minimum Gasteiger partial charge on any atom is -0.383 e. The number of methoxy groups -OCH3 is 1. The van der Waals surface area contributed by atoms with Crippen molar-refractivity contribution in [2.24, 2.45) is 0 Å². The van der Waals surface area contributed by atoms with Crippen molar-refractivity contribution in [2.45, 2.75) is 13.5 Å². The van der Waals surface area contributed by atoms with Gasteiger partial charge in [0.05, 0.1) is 6.61 Å². The Morgan fingerprint density at radius 3 is 2.83 bits per heavy atom. The zero-order valence-corrected chi connectivity index (χ0v) is 11.5. The molecular formula is C14H23FN2O. The van der Waals surface area contributed by atoms with Gasteiger partial charge in [-0.1, -0.05) is 17.7 Å². The predicted molar refractivity (Wildman–Crippen MR) is 72.2 cm³/mol. The zero-order valence-electron chi connectivity index (χ0n) is 11.5. The van der Waals surface area contributed by atoms with Crippen LogP contribution in [0.2, 0.25) is 0 Å². The Labute approximate surface area is 109 Å². The molecule has 0 radical (unpaired) electrons. The van der Waals surface area contributed by atoms with E-state index in [-0.39, 0.29) is 5.82 Å². The van der Waals surface area contributed by atoms with E-state index >= 15 is 0 Å². The summed E-state index contributed by atoms with van der Waals surface area (Å²) in [6, 6.07) is 5.20. The SMILES string of the molecule is COCCN(C)CCNCc1cc(C)ccc1F. The highest BCUT2D eigenvalue weighted by Gasteiger charge is 2.02. The van der Waals surface area contributed by atoms with Crippen LogP contribution in [-0.2, 0) is 11.3 Å². The van der Waals surface area contributed by atoms with Crippen LogP contribution < -0.4 is 5.32 Å². The summed E-state index contributed by atoms with van der Waals surface area (Å²) >= 11 is 0. The van der Waals surface area contributed by atoms with Gasteiger partial charge < -0.3 is 15.0 Å². The Morgan fingerprint density at radius 1 is 1.33 bits per heavy atom. The Kier molecular flexibility index (Phi) is 6.86. The van der Waals surface area contributed by atoms with Gasteiger partial charge in [0, 0.05) is 38.9 Å². The van der Waals surface area contributed by atoms with Crippen molar-refractivity contribution in [2.75, 3.05) is 40.4 Å². The van der Waals surface area contributed by atoms with E-state index in [1.165, 1.54) is 6.07 Å². The number of nitrogens with zero attached hydrogens (tertiary/aromatic N) is 1. The van der Waals surface area contributed by atoms with Gasteiger partial charge in [-0.05, 0) is 20.0 Å². The molecule has 0 aliphatic carbocycles. The predicted octanol–water partition coefficient (Wildman–Crippen LogP) is 1.80. The summed E-state index contributed by atoms with van der Waals surface area (Å²) in [6.45, 7) is 5.97. The molecule has 0 aliphatic heterocycles. The largest absolute Gasteiger partial charge is 0.383 e. The lowest BCUT2D eigenvalue weighted by Gasteiger charge is -2.16. The average Bonchev–Trinajstić information content (AvgIpc) is 2.36. The summed E-state index contributed by atoms with van der Waals surface area (Å²) < 4.78 is 18.5. The highest BCUT2D eigenvalue weighted by molar-refractivity contribution is 5.23. The maximum Gasteiger partial charge on any atom is 0.127 e. The van der Waals surface area contributed by atoms with E-state index in [9.17, 15) is 4.39 Å². The summed E-state index contributed by atoms with van der Waals surface area (Å²) in [7, 11) is 3.75. The molecule has 0 aromatic heterocycles. The first-order chi connectivity index (χ1) is 8.63. The minimum atomic E-state index is -0.138. The molecule has 0 fully saturated rings. The maximum atomic E-state index is 13.5. The molecule has 0 heterocycles. The normalized spacial score (nSPS) is 11.2. The van der Waals surface area contributed by atoms with Crippen LogP contribution in [0, 0.1) is 12.7 Å². The van der Waals surface area contributed by atoms with Gasteiger partial charge in [-0.25, -0.2) is 4.39 Å². The molecule has 102 valence electrons. The molecule has 0 spiro atoms. The Morgan fingerprint density at radius 2 is 2.11 bits per heavy atom. The molecule has 3 nitrogen and oxygen atoms in total. The molecule has 4 heteroatoms. The molecule has 0 unspecified atom stereocenters. The number of benzene rings is 1. The van der Waals surface area contributed by atoms with E-state index in [4.69, 9.17) is 4.74 Å². The summed E-state index contributed by atoms with van der Waals surface area (Å²) in [5, 5.41) is 3.25. The second-order valence-electron chi connectivity index (χ2n) is 4.57. The molecule has 0 atom stereocenters. The van der Waals surface area contributed by atoms with Crippen LogP contribution in [0.15, 0.2) is 18.2 Å². The fraction of sp³-hybridized carbons (Fsp3) is 0.571. The first-order valence-corrected chi connectivity index (χ1v) is 6.26. The number of halogens is 1. The smallest absolute Gasteiger partial charge is 0.127 e. The molecule has 0 aliphatic rings. The molecule has 0 bridgehead atoms. The molecule has 1 rings (SSSR count). The maximum absolute atomic E-state index is 13.5. The van der Waals surface area contributed by atoms with E-state index in [1.54, 1.807) is 13.2 Å². The number of nitrogens with one attached hydrogen (secondary N) is 1. The van der Waals surface area contributed by atoms with Crippen LogP contribution >= 0.6 is 0 Å². The molecule has 1 aromatic carbocycles. The van der Waals surface area contributed by atoms with Crippen LogP contribution in [-0.4, -0.2) is 45.3 Å². The molecule has 0 saturated heterocycles. The lowest BCUT2D eigenvalue weighted by Crippen LogP contribution is -2.31. The van der Waals surface area contributed by atoms with Gasteiger partial charge in [0.15, 0.2) is 0 Å². The van der Waals surface area contributed by atoms with Crippen LogP contribution in [0.1, 0.15) is 11.1 Å². The van der Waals surface area contributed by atoms with Crippen molar-refractivity contribution in [1.82, 2.24) is 10.2 Å². The molecule has 18 heavy (non-hydrogen) atoms. The summed E-state index contributed by atoms with van der Waals surface area (Å²) in [6.07, 6.45) is 0. The Hall–Kier alpha value is -0.970. The van der Waals surface area contributed by atoms with Crippen LogP contribution in [0.25, 0.3) is 0 Å². The molecule has 0 amide bonds. The quantitative estimate of drug-likeness (QED) is 0.716. The van der Waals surface area contributed by atoms with Crippen molar-refractivity contribution in [1.29, 1.82) is 0 Å². The summed E-state index contributed by atoms with van der Waals surface area (Å²) in [5.41, 5.74) is 1.82. The number of likely N-dealkylation sites (N-methyl/N-ethyl adjacent to an activating group) is 1. The van der Waals surface area contributed by atoms with Gasteiger partial charge in [-0.15, -0.1) is 0 Å². The Balaban J connectivity index is 2.23. The standard InChI is InChI=1S/C14H23FN2O/c1-12-4-5-14(15)13(10-12)11-16-6-7-17(2)8-9-18-3/h4-5,10,16H,6-9,11H2,1-3H3. The number of ether oxygens (including phenoxy) is 1. The second kappa shape index (κ2) is 8.19. The number of hydrogen-bond donors (Lipinski definition) is 1. The fourth-order valence-corrected chi connectivity index (χ4v) is 1.69. The van der Waals surface area contributed by atoms with E-state index < -0.39 is 0 Å². The van der Waals surface area contributed by atoms with Gasteiger partial charge >= 0.3 is 0 Å². The van der Waals surface area contributed by atoms with Crippen LogP contribution in [0.5, 0.6) is 0 Å². The van der Waals surface area contributed by atoms with Crippen molar-refractivity contribution in [3.05, 3.63) is 35.1 Å². The van der Waals surface area contributed by atoms with Crippen molar-refractivity contribution in [3.63, 3.8) is 0 Å². The summed E-state index contributed by atoms with van der Waals surface area (Å²) in [4.78, 5) is 2.18. The fourth-order valence-electron chi connectivity index (χ4n) is 1.69. The molecule has 0 saturated carbocycles. The van der Waals surface area contributed by atoms with Crippen molar-refractivity contribution >= 4 is 0 Å². The summed E-state index contributed by atoms with van der Waals surface area (Å²) in [5.74, 6) is -0.138. The average molecular weight is 254 g/mol. The Bertz CT molecular complexity index is 358. The molecule has 1 N–H and O–H groups in total. The van der Waals surface area contributed by atoms with E-state index in [0.29, 0.717) is 6.54 Å². The number of rotatable bonds is 8. The lowest BCUT2D eigenvalue weighted by molar-refractivity contribution is 0.161. The van der Waals surface area contributed by atoms with Gasteiger partial charge in [-0.2, -0.15) is 0 Å². The third kappa shape index (κ3) is 5.58.